The molecular weight excluding hydrogens is 192 g/mol. The minimum Gasteiger partial charge on any atom is -0.458 e. The zero-order chi connectivity index (χ0) is 11.5. The Kier molecular flexibility index (Phi) is 3.91. The van der Waals surface area contributed by atoms with Crippen LogP contribution in [0.15, 0.2) is 11.6 Å². The van der Waals surface area contributed by atoms with Crippen LogP contribution in [0.2, 0.25) is 0 Å². The van der Waals surface area contributed by atoms with Gasteiger partial charge in [0.15, 0.2) is 6.10 Å². The number of esters is 1. The van der Waals surface area contributed by atoms with Gasteiger partial charge < -0.3 is 9.47 Å². The number of allylic oxidation sites excluding steroid dienone is 1. The maximum absolute atomic E-state index is 11.8. The molecule has 1 unspecified atom stereocenters. The van der Waals surface area contributed by atoms with E-state index in [0.29, 0.717) is 0 Å². The second kappa shape index (κ2) is 4.79. The van der Waals surface area contributed by atoms with Crippen molar-refractivity contribution >= 4 is 5.97 Å². The fraction of sp³-hybridized carbons (Fsp3) is 0.750. The van der Waals surface area contributed by atoms with Gasteiger partial charge in [0.2, 0.25) is 0 Å². The second-order valence-corrected chi connectivity index (χ2v) is 4.82. The van der Waals surface area contributed by atoms with Gasteiger partial charge in [0.05, 0.1) is 0 Å². The Morgan fingerprint density at radius 2 is 2.13 bits per heavy atom. The highest BCUT2D eigenvalue weighted by atomic mass is 16.6. The molecule has 0 heterocycles. The van der Waals surface area contributed by atoms with Crippen LogP contribution < -0.4 is 0 Å². The molecule has 0 spiro atoms. The smallest absolute Gasteiger partial charge is 0.340 e. The molecule has 0 saturated heterocycles. The summed E-state index contributed by atoms with van der Waals surface area (Å²) in [5, 5.41) is 0. The van der Waals surface area contributed by atoms with Gasteiger partial charge in [-0.2, -0.15) is 0 Å². The van der Waals surface area contributed by atoms with Crippen LogP contribution >= 0.6 is 0 Å². The Bertz CT molecular complexity index is 261. The van der Waals surface area contributed by atoms with Crippen LogP contribution in [0.3, 0.4) is 0 Å². The third-order valence-electron chi connectivity index (χ3n) is 2.27. The molecule has 0 fully saturated rings. The lowest BCUT2D eigenvalue weighted by atomic mass is 10.1. The van der Waals surface area contributed by atoms with Crippen molar-refractivity contribution in [2.45, 2.75) is 51.7 Å². The van der Waals surface area contributed by atoms with Crippen molar-refractivity contribution < 1.29 is 14.3 Å². The van der Waals surface area contributed by atoms with E-state index in [-0.39, 0.29) is 5.97 Å². The minimum atomic E-state index is -0.508. The molecule has 15 heavy (non-hydrogen) atoms. The van der Waals surface area contributed by atoms with Gasteiger partial charge >= 0.3 is 5.97 Å². The molecule has 1 aliphatic carbocycles. The first-order valence-corrected chi connectivity index (χ1v) is 5.38. The monoisotopic (exact) mass is 212 g/mol. The van der Waals surface area contributed by atoms with Crippen molar-refractivity contribution in [3.63, 3.8) is 0 Å². The molecule has 0 aromatic rings. The third-order valence-corrected chi connectivity index (χ3v) is 2.27. The standard InChI is InChI=1S/C12H20O3/c1-12(2,3)15-11(13)10(14-4)9-7-5-6-8-9/h7,10H,5-6,8H2,1-4H3. The first-order chi connectivity index (χ1) is 6.94. The van der Waals surface area contributed by atoms with Crippen LogP contribution in [0.5, 0.6) is 0 Å². The molecule has 1 atom stereocenters. The highest BCUT2D eigenvalue weighted by molar-refractivity contribution is 5.78. The topological polar surface area (TPSA) is 35.5 Å². The first-order valence-electron chi connectivity index (χ1n) is 5.38. The number of hydrogen-bond donors (Lipinski definition) is 0. The van der Waals surface area contributed by atoms with Crippen LogP contribution in [0.4, 0.5) is 0 Å². The lowest BCUT2D eigenvalue weighted by molar-refractivity contribution is -0.164. The molecule has 3 heteroatoms. The number of methoxy groups -OCH3 is 1. The van der Waals surface area contributed by atoms with Crippen molar-refractivity contribution in [2.24, 2.45) is 0 Å². The summed E-state index contributed by atoms with van der Waals surface area (Å²) in [7, 11) is 1.55. The van der Waals surface area contributed by atoms with E-state index in [4.69, 9.17) is 9.47 Å². The Balaban J connectivity index is 2.62. The van der Waals surface area contributed by atoms with Gasteiger partial charge in [-0.1, -0.05) is 6.08 Å². The number of hydrogen-bond acceptors (Lipinski definition) is 3. The maximum Gasteiger partial charge on any atom is 0.340 e. The number of carbonyl (C=O) groups excluding carboxylic acids is 1. The SMILES string of the molecule is COC(C(=O)OC(C)(C)C)C1=CCCC1. The van der Waals surface area contributed by atoms with Gasteiger partial charge in [-0.15, -0.1) is 0 Å². The molecule has 1 rings (SSSR count). The van der Waals surface area contributed by atoms with E-state index in [0.717, 1.165) is 24.8 Å². The van der Waals surface area contributed by atoms with Crippen molar-refractivity contribution in [3.8, 4) is 0 Å². The van der Waals surface area contributed by atoms with E-state index in [1.807, 2.05) is 20.8 Å². The Labute approximate surface area is 91.4 Å². The summed E-state index contributed by atoms with van der Waals surface area (Å²) in [5.74, 6) is -0.279. The van der Waals surface area contributed by atoms with E-state index in [1.54, 1.807) is 7.11 Å². The second-order valence-electron chi connectivity index (χ2n) is 4.82. The molecule has 3 nitrogen and oxygen atoms in total. The van der Waals surface area contributed by atoms with Crippen LogP contribution in [0.1, 0.15) is 40.0 Å². The Hall–Kier alpha value is -0.830. The Morgan fingerprint density at radius 1 is 1.47 bits per heavy atom. The molecule has 0 aliphatic heterocycles. The zero-order valence-electron chi connectivity index (χ0n) is 10.0. The predicted molar refractivity (Wildman–Crippen MR) is 58.6 cm³/mol. The van der Waals surface area contributed by atoms with E-state index >= 15 is 0 Å². The molecule has 0 amide bonds. The summed E-state index contributed by atoms with van der Waals surface area (Å²) in [6, 6.07) is 0. The molecule has 0 saturated carbocycles. The lowest BCUT2D eigenvalue weighted by Gasteiger charge is -2.23. The molecule has 86 valence electrons. The highest BCUT2D eigenvalue weighted by Crippen LogP contribution is 2.24. The van der Waals surface area contributed by atoms with E-state index in [2.05, 4.69) is 6.08 Å². The van der Waals surface area contributed by atoms with Crippen LogP contribution in [0, 0.1) is 0 Å². The summed E-state index contributed by atoms with van der Waals surface area (Å²) in [6.07, 6.45) is 4.66. The molecular formula is C12H20O3. The van der Waals surface area contributed by atoms with Gasteiger partial charge in [0.1, 0.15) is 5.60 Å². The van der Waals surface area contributed by atoms with Crippen LogP contribution in [0.25, 0.3) is 0 Å². The maximum atomic E-state index is 11.8. The molecule has 0 bridgehead atoms. The zero-order valence-corrected chi connectivity index (χ0v) is 10.0. The molecule has 0 aromatic carbocycles. The normalized spacial score (nSPS) is 18.5. The van der Waals surface area contributed by atoms with Crippen molar-refractivity contribution in [1.82, 2.24) is 0 Å². The van der Waals surface area contributed by atoms with Gasteiger partial charge in [-0.25, -0.2) is 4.79 Å². The molecule has 1 aliphatic rings. The summed E-state index contributed by atoms with van der Waals surface area (Å²) in [4.78, 5) is 11.8. The van der Waals surface area contributed by atoms with Crippen molar-refractivity contribution in [1.29, 1.82) is 0 Å². The third kappa shape index (κ3) is 3.67. The fourth-order valence-electron chi connectivity index (χ4n) is 1.69. The average molecular weight is 212 g/mol. The van der Waals surface area contributed by atoms with Gasteiger partial charge in [-0.3, -0.25) is 0 Å². The molecule has 0 radical (unpaired) electrons. The number of ether oxygens (including phenoxy) is 2. The average Bonchev–Trinajstić information content (AvgIpc) is 2.54. The molecule has 0 aromatic heterocycles. The summed E-state index contributed by atoms with van der Waals surface area (Å²) in [5.41, 5.74) is 0.610. The first kappa shape index (κ1) is 12.2. The minimum absolute atomic E-state index is 0.279. The van der Waals surface area contributed by atoms with Crippen molar-refractivity contribution in [2.75, 3.05) is 7.11 Å². The highest BCUT2D eigenvalue weighted by Gasteiger charge is 2.28. The quantitative estimate of drug-likeness (QED) is 0.532. The number of carbonyl (C=O) groups is 1. The van der Waals surface area contributed by atoms with Gasteiger partial charge in [-0.05, 0) is 45.6 Å². The summed E-state index contributed by atoms with van der Waals surface area (Å²) >= 11 is 0. The van der Waals surface area contributed by atoms with E-state index in [1.165, 1.54) is 0 Å². The lowest BCUT2D eigenvalue weighted by Crippen LogP contribution is -2.33. The van der Waals surface area contributed by atoms with E-state index in [9.17, 15) is 4.79 Å². The Morgan fingerprint density at radius 3 is 2.53 bits per heavy atom. The van der Waals surface area contributed by atoms with Crippen LogP contribution in [-0.4, -0.2) is 24.8 Å². The molecule has 0 N–H and O–H groups in total. The van der Waals surface area contributed by atoms with Crippen LogP contribution in [-0.2, 0) is 14.3 Å². The van der Waals surface area contributed by atoms with Crippen molar-refractivity contribution in [3.05, 3.63) is 11.6 Å². The fourth-order valence-corrected chi connectivity index (χ4v) is 1.69. The predicted octanol–water partition coefficient (Wildman–Crippen LogP) is 2.45. The largest absolute Gasteiger partial charge is 0.458 e. The number of rotatable bonds is 3. The van der Waals surface area contributed by atoms with Gasteiger partial charge in [0.25, 0.3) is 0 Å². The van der Waals surface area contributed by atoms with Gasteiger partial charge in [0, 0.05) is 7.11 Å². The summed E-state index contributed by atoms with van der Waals surface area (Å²) < 4.78 is 10.5. The summed E-state index contributed by atoms with van der Waals surface area (Å²) in [6.45, 7) is 5.59. The van der Waals surface area contributed by atoms with E-state index < -0.39 is 11.7 Å².